The van der Waals surface area contributed by atoms with Crippen molar-refractivity contribution in [2.75, 3.05) is 13.2 Å². The van der Waals surface area contributed by atoms with Crippen LogP contribution in [-0.2, 0) is 47.6 Å². The van der Waals surface area contributed by atoms with Gasteiger partial charge in [-0.2, -0.15) is 0 Å². The summed E-state index contributed by atoms with van der Waals surface area (Å²) in [7, 11) is 0. The second-order valence-electron chi connectivity index (χ2n) is 6.40. The number of hydrogen-bond donors (Lipinski definition) is 1. The van der Waals surface area contributed by atoms with Crippen LogP contribution >= 0.6 is 12.2 Å². The van der Waals surface area contributed by atoms with Crippen LogP contribution in [0, 0.1) is 0 Å². The first kappa shape index (κ1) is 25.6. The summed E-state index contributed by atoms with van der Waals surface area (Å²) in [5, 5.41) is 2.70. The number of esters is 4. The first-order valence-corrected chi connectivity index (χ1v) is 9.69. The highest BCUT2D eigenvalue weighted by Crippen LogP contribution is 2.28. The molecule has 0 amide bonds. The largest absolute Gasteiger partial charge is 0.471 e. The lowest BCUT2D eigenvalue weighted by Crippen LogP contribution is -2.66. The van der Waals surface area contributed by atoms with Crippen molar-refractivity contribution in [2.45, 2.75) is 71.7 Å². The van der Waals surface area contributed by atoms with Crippen molar-refractivity contribution in [3.05, 3.63) is 0 Å². The molecule has 170 valence electrons. The molecule has 0 aromatic rings. The molecule has 0 aliphatic carbocycles. The average molecular weight is 449 g/mol. The van der Waals surface area contributed by atoms with Gasteiger partial charge in [0.15, 0.2) is 24.5 Å². The minimum atomic E-state index is -1.27. The molecule has 11 nitrogen and oxygen atoms in total. The summed E-state index contributed by atoms with van der Waals surface area (Å²) in [6.45, 7) is 6.53. The average Bonchev–Trinajstić information content (AvgIpc) is 2.62. The maximum absolute atomic E-state index is 11.7. The fourth-order valence-corrected chi connectivity index (χ4v) is 2.90. The molecule has 1 aliphatic heterocycles. The van der Waals surface area contributed by atoms with Crippen LogP contribution in [0.25, 0.3) is 0 Å². The molecule has 5 atom stereocenters. The van der Waals surface area contributed by atoms with Gasteiger partial charge in [0, 0.05) is 27.7 Å². The van der Waals surface area contributed by atoms with Gasteiger partial charge in [-0.25, -0.2) is 0 Å². The van der Waals surface area contributed by atoms with Gasteiger partial charge in [-0.1, -0.05) is 6.92 Å². The quantitative estimate of drug-likeness (QED) is 0.311. The third-order valence-corrected chi connectivity index (χ3v) is 3.92. The fourth-order valence-electron chi connectivity index (χ4n) is 2.70. The molecule has 0 aromatic heterocycles. The van der Waals surface area contributed by atoms with Gasteiger partial charge >= 0.3 is 23.9 Å². The van der Waals surface area contributed by atoms with Gasteiger partial charge in [0.25, 0.3) is 5.17 Å². The topological polar surface area (TPSA) is 136 Å². The molecule has 0 spiro atoms. The summed E-state index contributed by atoms with van der Waals surface area (Å²) in [4.78, 5) is 46.3. The predicted molar refractivity (Wildman–Crippen MR) is 104 cm³/mol. The number of ether oxygens (including phenoxy) is 6. The molecular weight excluding hydrogens is 422 g/mol. The molecule has 5 unspecified atom stereocenters. The van der Waals surface area contributed by atoms with Crippen LogP contribution in [0.1, 0.15) is 41.0 Å². The Balaban J connectivity index is 3.27. The Morgan fingerprint density at radius 2 is 1.37 bits per heavy atom. The van der Waals surface area contributed by atoms with E-state index in [0.29, 0.717) is 13.0 Å². The normalized spacial score (nSPS) is 25.4. The number of rotatable bonds is 8. The second kappa shape index (κ2) is 12.3. The Hall–Kier alpha value is -2.47. The molecule has 30 heavy (non-hydrogen) atoms. The Morgan fingerprint density at radius 1 is 0.833 bits per heavy atom. The molecule has 1 fully saturated rings. The Kier molecular flexibility index (Phi) is 10.5. The highest BCUT2D eigenvalue weighted by molar-refractivity contribution is 7.80. The minimum absolute atomic E-state index is 0.0438. The fraction of sp³-hybridized carbons (Fsp3) is 0.722. The monoisotopic (exact) mass is 449 g/mol. The van der Waals surface area contributed by atoms with E-state index in [4.69, 9.17) is 40.6 Å². The van der Waals surface area contributed by atoms with E-state index >= 15 is 0 Å². The van der Waals surface area contributed by atoms with Gasteiger partial charge < -0.3 is 33.7 Å². The van der Waals surface area contributed by atoms with Gasteiger partial charge in [-0.05, 0) is 18.6 Å². The SMILES string of the molecule is CCCOC(=S)NC1OC(COC(C)=O)C(OC(C)=O)C(OC(C)=O)C1OC(C)=O. The summed E-state index contributed by atoms with van der Waals surface area (Å²) in [6.07, 6.45) is -5.24. The first-order chi connectivity index (χ1) is 14.0. The third-order valence-electron chi connectivity index (χ3n) is 3.69. The van der Waals surface area contributed by atoms with Crippen LogP contribution in [-0.4, -0.2) is 72.9 Å². The number of nitrogens with one attached hydrogen (secondary N) is 1. The molecule has 1 aliphatic rings. The van der Waals surface area contributed by atoms with E-state index in [-0.39, 0.29) is 11.8 Å². The van der Waals surface area contributed by atoms with Crippen molar-refractivity contribution in [1.29, 1.82) is 0 Å². The van der Waals surface area contributed by atoms with Gasteiger partial charge in [-0.15, -0.1) is 0 Å². The summed E-state index contributed by atoms with van der Waals surface area (Å²) < 4.78 is 32.0. The summed E-state index contributed by atoms with van der Waals surface area (Å²) >= 11 is 5.11. The summed E-state index contributed by atoms with van der Waals surface area (Å²) in [5.74, 6) is -2.72. The molecule has 0 aromatic carbocycles. The standard InChI is InChI=1S/C18H27NO10S/c1-6-7-24-18(30)19-17-16(28-12(5)23)15(27-11(4)22)14(26-10(3)21)13(29-17)8-25-9(2)20/h13-17H,6-8H2,1-5H3,(H,19,30). The van der Waals surface area contributed by atoms with Crippen LogP contribution in [0.15, 0.2) is 0 Å². The highest BCUT2D eigenvalue weighted by atomic mass is 32.1. The number of thiocarbonyl (C=S) groups is 1. The zero-order chi connectivity index (χ0) is 22.8. The van der Waals surface area contributed by atoms with Crippen molar-refractivity contribution >= 4 is 41.3 Å². The highest BCUT2D eigenvalue weighted by Gasteiger charge is 2.52. The van der Waals surface area contributed by atoms with Gasteiger partial charge in [0.1, 0.15) is 12.7 Å². The maximum atomic E-state index is 11.7. The number of carbonyl (C=O) groups excluding carboxylic acids is 4. The first-order valence-electron chi connectivity index (χ1n) is 9.28. The van der Waals surface area contributed by atoms with E-state index in [0.717, 1.165) is 20.8 Å². The molecular formula is C18H27NO10S. The number of hydrogen-bond acceptors (Lipinski definition) is 11. The Morgan fingerprint density at radius 3 is 1.87 bits per heavy atom. The molecule has 0 bridgehead atoms. The van der Waals surface area contributed by atoms with Gasteiger partial charge in [0.2, 0.25) is 0 Å². The molecule has 0 saturated carbocycles. The lowest BCUT2D eigenvalue weighted by Gasteiger charge is -2.44. The van der Waals surface area contributed by atoms with Crippen molar-refractivity contribution < 1.29 is 47.6 Å². The lowest BCUT2D eigenvalue weighted by molar-refractivity contribution is -0.255. The van der Waals surface area contributed by atoms with E-state index < -0.39 is 54.5 Å². The maximum Gasteiger partial charge on any atom is 0.303 e. The van der Waals surface area contributed by atoms with E-state index in [1.165, 1.54) is 6.92 Å². The summed E-state index contributed by atoms with van der Waals surface area (Å²) in [6, 6.07) is 0. The van der Waals surface area contributed by atoms with Crippen molar-refractivity contribution in [3.63, 3.8) is 0 Å². The smallest absolute Gasteiger partial charge is 0.303 e. The van der Waals surface area contributed by atoms with Crippen molar-refractivity contribution in [2.24, 2.45) is 0 Å². The van der Waals surface area contributed by atoms with Crippen LogP contribution in [0.5, 0.6) is 0 Å². The predicted octanol–water partition coefficient (Wildman–Crippen LogP) is 0.371. The van der Waals surface area contributed by atoms with Gasteiger partial charge in [0.05, 0.1) is 6.61 Å². The van der Waals surface area contributed by atoms with Crippen LogP contribution in [0.4, 0.5) is 0 Å². The zero-order valence-corrected chi connectivity index (χ0v) is 18.3. The van der Waals surface area contributed by atoms with Gasteiger partial charge in [-0.3, -0.25) is 19.2 Å². The Labute approximate surface area is 179 Å². The van der Waals surface area contributed by atoms with Crippen LogP contribution in [0.2, 0.25) is 0 Å². The van der Waals surface area contributed by atoms with E-state index in [2.05, 4.69) is 5.32 Å². The molecule has 12 heteroatoms. The summed E-state index contributed by atoms with van der Waals surface area (Å²) in [5.41, 5.74) is 0. The molecule has 0 radical (unpaired) electrons. The third kappa shape index (κ3) is 8.49. The zero-order valence-electron chi connectivity index (χ0n) is 17.5. The number of carbonyl (C=O) groups is 4. The van der Waals surface area contributed by atoms with E-state index in [1.807, 2.05) is 6.92 Å². The molecule has 1 heterocycles. The minimum Gasteiger partial charge on any atom is -0.471 e. The second-order valence-corrected chi connectivity index (χ2v) is 6.77. The van der Waals surface area contributed by atoms with Crippen LogP contribution < -0.4 is 5.32 Å². The van der Waals surface area contributed by atoms with E-state index in [1.54, 1.807) is 0 Å². The molecule has 1 saturated heterocycles. The van der Waals surface area contributed by atoms with Crippen LogP contribution in [0.3, 0.4) is 0 Å². The Bertz CT molecular complexity index is 655. The lowest BCUT2D eigenvalue weighted by atomic mass is 9.97. The van der Waals surface area contributed by atoms with Crippen molar-refractivity contribution in [1.82, 2.24) is 5.32 Å². The molecule has 1 N–H and O–H groups in total. The van der Waals surface area contributed by atoms with E-state index in [9.17, 15) is 19.2 Å². The molecule has 1 rings (SSSR count). The van der Waals surface area contributed by atoms with Crippen molar-refractivity contribution in [3.8, 4) is 0 Å².